The third-order valence-electron chi connectivity index (χ3n) is 4.52. The van der Waals surface area contributed by atoms with Crippen molar-refractivity contribution in [3.05, 3.63) is 35.9 Å². The second-order valence-corrected chi connectivity index (χ2v) is 6.59. The molecule has 0 spiro atoms. The number of carbonyl (C=O) groups is 2. The predicted molar refractivity (Wildman–Crippen MR) is 108 cm³/mol. The summed E-state index contributed by atoms with van der Waals surface area (Å²) >= 11 is 0. The molecule has 0 bridgehead atoms. The highest BCUT2D eigenvalue weighted by atomic mass is 35.5. The highest BCUT2D eigenvalue weighted by Crippen LogP contribution is 2.23. The number of piperidine rings is 1. The van der Waals surface area contributed by atoms with E-state index in [0.29, 0.717) is 36.8 Å². The van der Waals surface area contributed by atoms with Crippen molar-refractivity contribution in [1.82, 2.24) is 30.4 Å². The Bertz CT molecular complexity index is 775. The Morgan fingerprint density at radius 1 is 1.32 bits per heavy atom. The summed E-state index contributed by atoms with van der Waals surface area (Å²) in [5.41, 5.74) is 0.506. The number of aryl methyl sites for hydroxylation is 1. The number of hydrogen-bond acceptors (Lipinski definition) is 6. The fourth-order valence-corrected chi connectivity index (χ4v) is 3.00. The number of hydrogen-bond donors (Lipinski definition) is 3. The van der Waals surface area contributed by atoms with Crippen LogP contribution in [0.1, 0.15) is 47.8 Å². The summed E-state index contributed by atoms with van der Waals surface area (Å²) in [4.78, 5) is 32.4. The molecule has 2 aromatic rings. The Kier molecular flexibility index (Phi) is 8.34. The van der Waals surface area contributed by atoms with Crippen LogP contribution in [0.3, 0.4) is 0 Å². The number of halogens is 1. The van der Waals surface area contributed by atoms with E-state index in [4.69, 9.17) is 0 Å². The number of amides is 2. The molecule has 10 heteroatoms. The first-order valence-electron chi connectivity index (χ1n) is 9.23. The van der Waals surface area contributed by atoms with Gasteiger partial charge < -0.3 is 10.6 Å². The predicted octanol–water partition coefficient (Wildman–Crippen LogP) is 1.25. The van der Waals surface area contributed by atoms with Crippen molar-refractivity contribution in [2.75, 3.05) is 25.0 Å². The van der Waals surface area contributed by atoms with E-state index in [9.17, 15) is 9.59 Å². The van der Waals surface area contributed by atoms with Crippen molar-refractivity contribution in [3.8, 4) is 0 Å². The van der Waals surface area contributed by atoms with Gasteiger partial charge in [-0.25, -0.2) is 4.68 Å². The molecule has 9 nitrogen and oxygen atoms in total. The largest absolute Gasteiger partial charge is 0.352 e. The molecule has 1 saturated heterocycles. The maximum atomic E-state index is 12.1. The Labute approximate surface area is 170 Å². The van der Waals surface area contributed by atoms with Crippen molar-refractivity contribution in [1.29, 1.82) is 0 Å². The van der Waals surface area contributed by atoms with Crippen LogP contribution >= 0.6 is 12.4 Å². The van der Waals surface area contributed by atoms with Crippen LogP contribution in [-0.2, 0) is 11.8 Å². The number of carbonyl (C=O) groups excluding carboxylic acids is 2. The van der Waals surface area contributed by atoms with Crippen LogP contribution in [0.2, 0.25) is 0 Å². The molecule has 1 fully saturated rings. The molecule has 0 radical (unpaired) electrons. The van der Waals surface area contributed by atoms with Gasteiger partial charge in [0.25, 0.3) is 5.91 Å². The van der Waals surface area contributed by atoms with Crippen molar-refractivity contribution < 1.29 is 9.59 Å². The third kappa shape index (κ3) is 6.00. The van der Waals surface area contributed by atoms with Crippen molar-refractivity contribution >= 4 is 30.2 Å². The van der Waals surface area contributed by atoms with E-state index in [1.807, 2.05) is 0 Å². The number of nitrogens with one attached hydrogen (secondary N) is 3. The lowest BCUT2D eigenvalue weighted by atomic mass is 9.98. The van der Waals surface area contributed by atoms with Gasteiger partial charge in [0.05, 0.1) is 5.56 Å². The van der Waals surface area contributed by atoms with E-state index < -0.39 is 0 Å². The smallest absolute Gasteiger partial charge is 0.252 e. The van der Waals surface area contributed by atoms with Gasteiger partial charge in [-0.3, -0.25) is 19.9 Å². The molecule has 0 unspecified atom stereocenters. The minimum Gasteiger partial charge on any atom is -0.352 e. The van der Waals surface area contributed by atoms with Gasteiger partial charge in [-0.15, -0.1) is 12.4 Å². The van der Waals surface area contributed by atoms with E-state index in [2.05, 4.69) is 31.0 Å². The number of nitrogens with zero attached hydrogens (tertiary/aromatic N) is 4. The minimum atomic E-state index is -0.191. The highest BCUT2D eigenvalue weighted by Gasteiger charge is 2.21. The average molecular weight is 408 g/mol. The SMILES string of the molecule is Cl.Cn1nc(C2CCNCC2)nc1NC(=O)CCCNC(=O)c1cccnc1. The fraction of sp³-hybridized carbons (Fsp3) is 0.500. The van der Waals surface area contributed by atoms with Gasteiger partial charge in [-0.05, 0) is 44.5 Å². The molecule has 152 valence electrons. The summed E-state index contributed by atoms with van der Waals surface area (Å²) in [5, 5.41) is 13.3. The van der Waals surface area contributed by atoms with E-state index in [-0.39, 0.29) is 24.2 Å². The monoisotopic (exact) mass is 407 g/mol. The van der Waals surface area contributed by atoms with Crippen LogP contribution in [-0.4, -0.2) is 51.2 Å². The van der Waals surface area contributed by atoms with Gasteiger partial charge in [-0.1, -0.05) is 0 Å². The lowest BCUT2D eigenvalue weighted by molar-refractivity contribution is -0.116. The molecule has 2 aromatic heterocycles. The van der Waals surface area contributed by atoms with Crippen molar-refractivity contribution in [2.45, 2.75) is 31.6 Å². The molecule has 0 saturated carbocycles. The zero-order chi connectivity index (χ0) is 19.1. The van der Waals surface area contributed by atoms with Crippen LogP contribution in [0.25, 0.3) is 0 Å². The van der Waals surface area contributed by atoms with Gasteiger partial charge in [0.15, 0.2) is 5.82 Å². The van der Waals surface area contributed by atoms with Gasteiger partial charge in [-0.2, -0.15) is 10.1 Å². The first-order valence-corrected chi connectivity index (χ1v) is 9.23. The second kappa shape index (κ2) is 10.7. The maximum Gasteiger partial charge on any atom is 0.252 e. The average Bonchev–Trinajstić information content (AvgIpc) is 3.07. The number of aromatic nitrogens is 4. The first kappa shape index (κ1) is 21.8. The van der Waals surface area contributed by atoms with Crippen molar-refractivity contribution in [3.63, 3.8) is 0 Å². The molecule has 3 N–H and O–H groups in total. The standard InChI is InChI=1S/C18H25N7O2.ClH/c1-25-18(23-16(24-25)13-6-10-19-11-7-13)22-15(26)5-3-9-21-17(27)14-4-2-8-20-12-14;/h2,4,8,12-13,19H,3,5-7,9-11H2,1H3,(H,21,27)(H,22,23,24,26);1H. The number of rotatable bonds is 7. The second-order valence-electron chi connectivity index (χ2n) is 6.59. The van der Waals surface area contributed by atoms with Crippen LogP contribution in [0.5, 0.6) is 0 Å². The topological polar surface area (TPSA) is 114 Å². The Balaban J connectivity index is 0.00000280. The molecule has 3 rings (SSSR count). The molecule has 0 atom stereocenters. The molecule has 1 aliphatic heterocycles. The van der Waals surface area contributed by atoms with E-state index in [1.54, 1.807) is 30.1 Å². The summed E-state index contributed by atoms with van der Waals surface area (Å²) in [6.07, 6.45) is 5.97. The van der Waals surface area contributed by atoms with E-state index in [1.165, 1.54) is 6.20 Å². The summed E-state index contributed by atoms with van der Waals surface area (Å²) in [6.45, 7) is 2.35. The van der Waals surface area contributed by atoms with Crippen LogP contribution in [0.15, 0.2) is 24.5 Å². The lowest BCUT2D eigenvalue weighted by Gasteiger charge is -2.19. The summed E-state index contributed by atoms with van der Waals surface area (Å²) in [6, 6.07) is 3.41. The Morgan fingerprint density at radius 3 is 2.82 bits per heavy atom. The molecule has 2 amide bonds. The summed E-state index contributed by atoms with van der Waals surface area (Å²) < 4.78 is 1.61. The Hall–Kier alpha value is -2.52. The molecule has 0 aromatic carbocycles. The van der Waals surface area contributed by atoms with E-state index in [0.717, 1.165) is 31.8 Å². The maximum absolute atomic E-state index is 12.1. The molecular formula is C18H26ClN7O2. The lowest BCUT2D eigenvalue weighted by Crippen LogP contribution is -2.27. The molecular weight excluding hydrogens is 382 g/mol. The quantitative estimate of drug-likeness (QED) is 0.595. The van der Waals surface area contributed by atoms with Gasteiger partial charge >= 0.3 is 0 Å². The van der Waals surface area contributed by atoms with Gasteiger partial charge in [0.1, 0.15) is 0 Å². The van der Waals surface area contributed by atoms with Crippen LogP contribution < -0.4 is 16.0 Å². The minimum absolute atomic E-state index is 0. The zero-order valence-electron chi connectivity index (χ0n) is 15.9. The summed E-state index contributed by atoms with van der Waals surface area (Å²) in [5.74, 6) is 1.26. The fourth-order valence-electron chi connectivity index (χ4n) is 3.00. The number of pyridine rings is 1. The highest BCUT2D eigenvalue weighted by molar-refractivity contribution is 5.93. The molecule has 28 heavy (non-hydrogen) atoms. The molecule has 3 heterocycles. The van der Waals surface area contributed by atoms with E-state index >= 15 is 0 Å². The molecule has 0 aliphatic carbocycles. The van der Waals surface area contributed by atoms with Crippen LogP contribution in [0, 0.1) is 0 Å². The zero-order valence-corrected chi connectivity index (χ0v) is 16.7. The van der Waals surface area contributed by atoms with Crippen LogP contribution in [0.4, 0.5) is 5.95 Å². The van der Waals surface area contributed by atoms with Crippen molar-refractivity contribution in [2.24, 2.45) is 7.05 Å². The van der Waals surface area contributed by atoms with Gasteiger partial charge in [0, 0.05) is 38.3 Å². The summed E-state index contributed by atoms with van der Waals surface area (Å²) in [7, 11) is 1.78. The Morgan fingerprint density at radius 2 is 2.11 bits per heavy atom. The first-order chi connectivity index (χ1) is 13.1. The van der Waals surface area contributed by atoms with Gasteiger partial charge in [0.2, 0.25) is 11.9 Å². The number of anilines is 1. The molecule has 1 aliphatic rings. The third-order valence-corrected chi connectivity index (χ3v) is 4.52. The normalized spacial score (nSPS) is 14.2.